The van der Waals surface area contributed by atoms with Crippen LogP contribution in [0.15, 0.2) is 40.1 Å². The van der Waals surface area contributed by atoms with E-state index in [4.69, 9.17) is 0 Å². The number of fused-ring (bicyclic) bond motifs is 1. The van der Waals surface area contributed by atoms with Gasteiger partial charge in [0.15, 0.2) is 17.5 Å². The molecule has 0 bridgehead atoms. The average molecular weight is 310 g/mol. The largest absolute Gasteiger partial charge is 0.385 e. The van der Waals surface area contributed by atoms with Gasteiger partial charge in [0.25, 0.3) is 0 Å². The van der Waals surface area contributed by atoms with Gasteiger partial charge in [0.2, 0.25) is 0 Å². The fraction of sp³-hybridized carbons (Fsp3) is 0. The topological polar surface area (TPSA) is 43.4 Å². The van der Waals surface area contributed by atoms with Crippen molar-refractivity contribution in [1.82, 2.24) is 0 Å². The summed E-state index contributed by atoms with van der Waals surface area (Å²) in [6, 6.07) is 8.12. The van der Waals surface area contributed by atoms with Crippen LogP contribution in [0.2, 0.25) is 0 Å². The summed E-state index contributed by atoms with van der Waals surface area (Å²) in [5.74, 6) is -7.11. The van der Waals surface area contributed by atoms with Crippen LogP contribution in [0.5, 0.6) is 0 Å². The van der Waals surface area contributed by atoms with E-state index in [1.165, 1.54) is 0 Å². The summed E-state index contributed by atoms with van der Waals surface area (Å²) < 4.78 is 46.2. The number of carbonyl (C=O) groups is 2. The van der Waals surface area contributed by atoms with E-state index in [1.54, 1.807) is 30.3 Å². The third-order valence-corrected chi connectivity index (χ3v) is 3.91. The molecule has 2 aromatic rings. The molecule has 0 spiro atoms. The molecule has 2 aromatic carbocycles. The minimum absolute atomic E-state index is 0.451. The van der Waals surface area contributed by atoms with Crippen molar-refractivity contribution in [3.8, 4) is 0 Å². The molecule has 0 N–H and O–H groups in total. The molecule has 0 saturated carbocycles. The third kappa shape index (κ3) is 2.09. The van der Waals surface area contributed by atoms with Gasteiger partial charge in [-0.15, -0.1) is 0 Å². The van der Waals surface area contributed by atoms with Crippen molar-refractivity contribution in [3.05, 3.63) is 58.9 Å². The van der Waals surface area contributed by atoms with Gasteiger partial charge in [-0.3, -0.25) is 0 Å². The summed E-state index contributed by atoms with van der Waals surface area (Å²) in [5.41, 5.74) is -1.86. The van der Waals surface area contributed by atoms with Gasteiger partial charge in [-0.05, 0) is 12.1 Å². The van der Waals surface area contributed by atoms with E-state index in [0.29, 0.717) is 16.7 Å². The molecule has 0 aliphatic carbocycles. The highest BCUT2D eigenvalue weighted by Gasteiger charge is 2.40. The standard InChI is InChI=1S/C14H5F3O3S/c15-9-7-8(14(19)20-13(7)18)10(16)12(11(9)17)21-6-4-2-1-3-5-6/h1-5H. The highest BCUT2D eigenvalue weighted by Crippen LogP contribution is 2.38. The van der Waals surface area contributed by atoms with Gasteiger partial charge < -0.3 is 4.74 Å². The molecule has 3 rings (SSSR count). The van der Waals surface area contributed by atoms with Crippen molar-refractivity contribution in [2.24, 2.45) is 0 Å². The molecule has 7 heteroatoms. The van der Waals surface area contributed by atoms with Gasteiger partial charge in [-0.1, -0.05) is 30.0 Å². The van der Waals surface area contributed by atoms with Crippen LogP contribution >= 0.6 is 11.8 Å². The van der Waals surface area contributed by atoms with Crippen molar-refractivity contribution in [2.75, 3.05) is 0 Å². The summed E-state index contributed by atoms with van der Waals surface area (Å²) in [6.07, 6.45) is 0. The first-order valence-electron chi connectivity index (χ1n) is 5.70. The van der Waals surface area contributed by atoms with Crippen LogP contribution in [0.1, 0.15) is 20.7 Å². The van der Waals surface area contributed by atoms with Crippen molar-refractivity contribution in [3.63, 3.8) is 0 Å². The fourth-order valence-corrected chi connectivity index (χ4v) is 2.80. The lowest BCUT2D eigenvalue weighted by Crippen LogP contribution is -2.06. The first-order chi connectivity index (χ1) is 10.0. The van der Waals surface area contributed by atoms with Crippen LogP contribution in [-0.4, -0.2) is 11.9 Å². The number of ether oxygens (including phenoxy) is 1. The van der Waals surface area contributed by atoms with Gasteiger partial charge in [0.05, 0.1) is 4.90 Å². The molecule has 0 atom stereocenters. The SMILES string of the molecule is O=C1OC(=O)c2c(F)c(Sc3ccccc3)c(F)c(F)c21. The first kappa shape index (κ1) is 13.7. The van der Waals surface area contributed by atoms with E-state index in [-0.39, 0.29) is 0 Å². The zero-order chi connectivity index (χ0) is 15.1. The number of esters is 2. The molecular formula is C14H5F3O3S. The second-order valence-corrected chi connectivity index (χ2v) is 5.20. The number of halogens is 3. The lowest BCUT2D eigenvalue weighted by atomic mass is 10.1. The van der Waals surface area contributed by atoms with Gasteiger partial charge in [-0.2, -0.15) is 0 Å². The number of hydrogen-bond donors (Lipinski definition) is 0. The third-order valence-electron chi connectivity index (χ3n) is 2.84. The molecule has 0 amide bonds. The van der Waals surface area contributed by atoms with Crippen molar-refractivity contribution >= 4 is 23.7 Å². The Kier molecular flexibility index (Phi) is 3.21. The maximum atomic E-state index is 14.2. The molecule has 1 aliphatic rings. The zero-order valence-corrected chi connectivity index (χ0v) is 11.0. The van der Waals surface area contributed by atoms with Gasteiger partial charge in [-0.25, -0.2) is 22.8 Å². The second kappa shape index (κ2) is 4.92. The Hall–Kier alpha value is -2.28. The first-order valence-corrected chi connectivity index (χ1v) is 6.52. The monoisotopic (exact) mass is 310 g/mol. The van der Waals surface area contributed by atoms with Crippen molar-refractivity contribution < 1.29 is 27.5 Å². The number of benzene rings is 2. The van der Waals surface area contributed by atoms with E-state index >= 15 is 0 Å². The predicted molar refractivity (Wildman–Crippen MR) is 66.6 cm³/mol. The van der Waals surface area contributed by atoms with Crippen LogP contribution in [0.25, 0.3) is 0 Å². The molecule has 0 unspecified atom stereocenters. The normalized spacial score (nSPS) is 13.3. The second-order valence-electron chi connectivity index (χ2n) is 4.11. The van der Waals surface area contributed by atoms with Crippen LogP contribution < -0.4 is 0 Å². The van der Waals surface area contributed by atoms with Gasteiger partial charge in [0, 0.05) is 4.90 Å². The minimum atomic E-state index is -1.58. The molecule has 0 radical (unpaired) electrons. The Morgan fingerprint density at radius 1 is 0.810 bits per heavy atom. The quantitative estimate of drug-likeness (QED) is 0.483. The Morgan fingerprint density at radius 3 is 2.00 bits per heavy atom. The number of carbonyl (C=O) groups excluding carboxylic acids is 2. The number of hydrogen-bond acceptors (Lipinski definition) is 4. The van der Waals surface area contributed by atoms with E-state index in [0.717, 1.165) is 0 Å². The zero-order valence-electron chi connectivity index (χ0n) is 10.2. The Morgan fingerprint density at radius 2 is 1.38 bits per heavy atom. The maximum absolute atomic E-state index is 14.2. The molecular weight excluding hydrogens is 305 g/mol. The minimum Gasteiger partial charge on any atom is -0.385 e. The fourth-order valence-electron chi connectivity index (χ4n) is 1.90. The Bertz CT molecular complexity index is 775. The van der Waals surface area contributed by atoms with Crippen LogP contribution in [-0.2, 0) is 4.74 Å². The van der Waals surface area contributed by atoms with Gasteiger partial charge in [0.1, 0.15) is 11.1 Å². The Balaban J connectivity index is 2.19. The summed E-state index contributed by atoms with van der Waals surface area (Å²) >= 11 is 0.615. The molecule has 1 heterocycles. The molecule has 0 saturated heterocycles. The molecule has 1 aliphatic heterocycles. The van der Waals surface area contributed by atoms with Crippen molar-refractivity contribution in [1.29, 1.82) is 0 Å². The highest BCUT2D eigenvalue weighted by molar-refractivity contribution is 7.99. The van der Waals surface area contributed by atoms with Crippen LogP contribution in [0, 0.1) is 17.5 Å². The summed E-state index contributed by atoms with van der Waals surface area (Å²) in [4.78, 5) is 22.4. The lowest BCUT2D eigenvalue weighted by Gasteiger charge is -2.08. The molecule has 3 nitrogen and oxygen atoms in total. The van der Waals surface area contributed by atoms with Crippen molar-refractivity contribution in [2.45, 2.75) is 9.79 Å². The van der Waals surface area contributed by atoms with E-state index < -0.39 is 45.4 Å². The van der Waals surface area contributed by atoms with E-state index in [9.17, 15) is 22.8 Å². The van der Waals surface area contributed by atoms with E-state index in [2.05, 4.69) is 4.74 Å². The summed E-state index contributed by atoms with van der Waals surface area (Å²) in [6.45, 7) is 0. The molecule has 106 valence electrons. The Labute approximate surface area is 120 Å². The van der Waals surface area contributed by atoms with Gasteiger partial charge >= 0.3 is 11.9 Å². The molecule has 0 aromatic heterocycles. The average Bonchev–Trinajstić information content (AvgIpc) is 2.77. The number of rotatable bonds is 2. The molecule has 0 fully saturated rings. The number of cyclic esters (lactones) is 2. The molecule has 21 heavy (non-hydrogen) atoms. The highest BCUT2D eigenvalue weighted by atomic mass is 32.2. The van der Waals surface area contributed by atoms with Crippen LogP contribution in [0.4, 0.5) is 13.2 Å². The van der Waals surface area contributed by atoms with E-state index in [1.807, 2.05) is 0 Å². The lowest BCUT2D eigenvalue weighted by molar-refractivity contribution is 0.0440. The smallest absolute Gasteiger partial charge is 0.350 e. The summed E-state index contributed by atoms with van der Waals surface area (Å²) in [5, 5.41) is 0. The summed E-state index contributed by atoms with van der Waals surface area (Å²) in [7, 11) is 0. The predicted octanol–water partition coefficient (Wildman–Crippen LogP) is 3.57. The maximum Gasteiger partial charge on any atom is 0.350 e. The van der Waals surface area contributed by atoms with Crippen LogP contribution in [0.3, 0.4) is 0 Å².